The first-order valence-corrected chi connectivity index (χ1v) is 5.95. The summed E-state index contributed by atoms with van der Waals surface area (Å²) in [4.78, 5) is 0. The second-order valence-electron chi connectivity index (χ2n) is 4.05. The number of aliphatic hydroxyl groups excluding tert-OH is 1. The molecule has 4 nitrogen and oxygen atoms in total. The van der Waals surface area contributed by atoms with Gasteiger partial charge in [0, 0.05) is 27.8 Å². The summed E-state index contributed by atoms with van der Waals surface area (Å²) in [6.07, 6.45) is -0.698. The Morgan fingerprint density at radius 2 is 2.11 bits per heavy atom. The van der Waals surface area contributed by atoms with E-state index in [0.717, 1.165) is 5.56 Å². The highest BCUT2D eigenvalue weighted by Gasteiger charge is 2.05. The summed E-state index contributed by atoms with van der Waals surface area (Å²) in [5, 5.41) is 12.3. The molecule has 0 spiro atoms. The minimum absolute atomic E-state index is 0.0508. The van der Waals surface area contributed by atoms with Crippen molar-refractivity contribution in [1.82, 2.24) is 5.32 Å². The van der Waals surface area contributed by atoms with Crippen LogP contribution in [-0.4, -0.2) is 44.0 Å². The molecule has 0 bridgehead atoms. The van der Waals surface area contributed by atoms with Crippen LogP contribution >= 0.6 is 0 Å². The van der Waals surface area contributed by atoms with Crippen molar-refractivity contribution in [1.29, 1.82) is 0 Å². The molecule has 1 atom stereocenters. The number of hydrogen-bond donors (Lipinski definition) is 2. The van der Waals surface area contributed by atoms with E-state index < -0.39 is 32.9 Å². The summed E-state index contributed by atoms with van der Waals surface area (Å²) in [6.45, 7) is -5.83. The zero-order valence-corrected chi connectivity index (χ0v) is 10.6. The van der Waals surface area contributed by atoms with E-state index in [2.05, 4.69) is 10.1 Å². The summed E-state index contributed by atoms with van der Waals surface area (Å²) >= 11 is 0. The third-order valence-electron chi connectivity index (χ3n) is 2.42. The lowest BCUT2D eigenvalue weighted by molar-refractivity contribution is 0.104. The largest absolute Gasteiger partial charge is 0.491 e. The fraction of sp³-hybridized carbons (Fsp3) is 0.600. The van der Waals surface area contributed by atoms with E-state index >= 15 is 0 Å². The molecule has 0 fully saturated rings. The molecular formula is C15H25NO3. The smallest absolute Gasteiger partial charge is 0.119 e. The SMILES string of the molecule is [2H]C([2H])([2H])OCCc1ccc(OCC(O)CNC(C([2H])([2H])[2H])C([2H])([2H])[2H])cc1. The molecule has 0 aromatic heterocycles. The number of methoxy groups -OCH3 is 1. The molecule has 0 aliphatic heterocycles. The first-order valence-electron chi connectivity index (χ1n) is 10.5. The van der Waals surface area contributed by atoms with Crippen LogP contribution in [0.25, 0.3) is 0 Å². The lowest BCUT2D eigenvalue weighted by atomic mass is 10.1. The number of hydrogen-bond acceptors (Lipinski definition) is 4. The maximum Gasteiger partial charge on any atom is 0.119 e. The van der Waals surface area contributed by atoms with Crippen molar-refractivity contribution in [2.45, 2.75) is 32.3 Å². The minimum Gasteiger partial charge on any atom is -0.491 e. The van der Waals surface area contributed by atoms with Gasteiger partial charge in [-0.25, -0.2) is 0 Å². The fourth-order valence-electron chi connectivity index (χ4n) is 1.43. The van der Waals surface area contributed by atoms with Crippen LogP contribution in [0.2, 0.25) is 0 Å². The van der Waals surface area contributed by atoms with Crippen molar-refractivity contribution in [2.24, 2.45) is 0 Å². The highest BCUT2D eigenvalue weighted by Crippen LogP contribution is 2.12. The monoisotopic (exact) mass is 276 g/mol. The summed E-state index contributed by atoms with van der Waals surface area (Å²) in [6, 6.07) is 4.98. The van der Waals surface area contributed by atoms with Crippen LogP contribution in [0.1, 0.15) is 31.6 Å². The Balaban J connectivity index is 2.43. The predicted molar refractivity (Wildman–Crippen MR) is 76.7 cm³/mol. The van der Waals surface area contributed by atoms with Crippen LogP contribution in [0.5, 0.6) is 5.75 Å². The van der Waals surface area contributed by atoms with Gasteiger partial charge in [0.25, 0.3) is 0 Å². The quantitative estimate of drug-likeness (QED) is 0.719. The lowest BCUT2D eigenvalue weighted by Gasteiger charge is -2.15. The molecular weight excluding hydrogens is 242 g/mol. The lowest BCUT2D eigenvalue weighted by Crippen LogP contribution is -2.35. The molecule has 0 aliphatic rings. The molecule has 1 rings (SSSR count). The average molecular weight is 276 g/mol. The number of nitrogens with one attached hydrogen (secondary N) is 1. The van der Waals surface area contributed by atoms with E-state index in [0.29, 0.717) is 12.2 Å². The highest BCUT2D eigenvalue weighted by molar-refractivity contribution is 5.27. The molecule has 1 aromatic rings. The van der Waals surface area contributed by atoms with Gasteiger partial charge in [0.15, 0.2) is 0 Å². The van der Waals surface area contributed by atoms with E-state index in [-0.39, 0.29) is 19.8 Å². The van der Waals surface area contributed by atoms with Crippen LogP contribution in [-0.2, 0) is 11.2 Å². The predicted octanol–water partition coefficient (Wildman–Crippen LogP) is 1.61. The standard InChI is InChI=1S/C15H25NO3/c1-12(2)16-10-14(17)11-19-15-6-4-13(5-7-15)8-9-18-3/h4-7,12,14,16-17H,8-11H2,1-3H3/i1D3,2D3,3D3. The Bertz CT molecular complexity index is 570. The van der Waals surface area contributed by atoms with Crippen molar-refractivity contribution in [2.75, 3.05) is 26.8 Å². The number of benzene rings is 1. The number of rotatable bonds is 9. The summed E-state index contributed by atoms with van der Waals surface area (Å²) < 4.78 is 74.7. The van der Waals surface area contributed by atoms with Crippen LogP contribution in [0.15, 0.2) is 24.3 Å². The maximum absolute atomic E-state index is 9.91. The molecule has 2 N–H and O–H groups in total. The summed E-state index contributed by atoms with van der Waals surface area (Å²) in [5.41, 5.74) is 0.844. The second-order valence-corrected chi connectivity index (χ2v) is 4.05. The van der Waals surface area contributed by atoms with Crippen molar-refractivity contribution >= 4 is 0 Å². The van der Waals surface area contributed by atoms with Crippen LogP contribution in [0, 0.1) is 0 Å². The van der Waals surface area contributed by atoms with Crippen molar-refractivity contribution in [3.63, 3.8) is 0 Å². The number of ether oxygens (including phenoxy) is 2. The molecule has 4 heteroatoms. The average Bonchev–Trinajstić information content (AvgIpc) is 2.50. The van der Waals surface area contributed by atoms with Gasteiger partial charge in [-0.05, 0) is 24.1 Å². The molecule has 1 aromatic carbocycles. The maximum atomic E-state index is 9.91. The van der Waals surface area contributed by atoms with Crippen LogP contribution < -0.4 is 10.1 Å². The third kappa shape index (κ3) is 7.15. The fourth-order valence-corrected chi connectivity index (χ4v) is 1.43. The van der Waals surface area contributed by atoms with E-state index in [9.17, 15) is 5.11 Å². The zero-order valence-electron chi connectivity index (χ0n) is 19.6. The minimum atomic E-state index is -2.73. The van der Waals surface area contributed by atoms with Crippen molar-refractivity contribution in [3.05, 3.63) is 29.8 Å². The van der Waals surface area contributed by atoms with Gasteiger partial charge < -0.3 is 19.9 Å². The second kappa shape index (κ2) is 8.91. The van der Waals surface area contributed by atoms with E-state index in [1.165, 1.54) is 0 Å². The molecule has 0 amide bonds. The Morgan fingerprint density at radius 3 is 2.79 bits per heavy atom. The Kier molecular flexibility index (Phi) is 3.31. The van der Waals surface area contributed by atoms with Crippen LogP contribution in [0.4, 0.5) is 0 Å². The van der Waals surface area contributed by atoms with Gasteiger partial charge in [0.2, 0.25) is 0 Å². The molecule has 0 heterocycles. The van der Waals surface area contributed by atoms with Crippen molar-refractivity contribution in [3.8, 4) is 5.75 Å². The van der Waals surface area contributed by atoms with E-state index in [1.807, 2.05) is 0 Å². The molecule has 0 saturated heterocycles. The molecule has 19 heavy (non-hydrogen) atoms. The normalized spacial score (nSPS) is 21.7. The zero-order chi connectivity index (χ0) is 21.6. The van der Waals surface area contributed by atoms with Gasteiger partial charge in [-0.3, -0.25) is 0 Å². The van der Waals surface area contributed by atoms with Gasteiger partial charge in [-0.2, -0.15) is 0 Å². The molecule has 0 saturated carbocycles. The summed E-state index contributed by atoms with van der Waals surface area (Å²) in [5.74, 6) is 0.447. The van der Waals surface area contributed by atoms with E-state index in [4.69, 9.17) is 17.1 Å². The Hall–Kier alpha value is -1.10. The van der Waals surface area contributed by atoms with Crippen molar-refractivity contribution < 1.29 is 26.9 Å². The molecule has 0 radical (unpaired) electrons. The van der Waals surface area contributed by atoms with Gasteiger partial charge in [-0.1, -0.05) is 25.8 Å². The van der Waals surface area contributed by atoms with Gasteiger partial charge in [-0.15, -0.1) is 0 Å². The Morgan fingerprint density at radius 1 is 1.32 bits per heavy atom. The summed E-state index contributed by atoms with van der Waals surface area (Å²) in [7, 11) is -2.43. The highest BCUT2D eigenvalue weighted by atomic mass is 16.5. The molecule has 108 valence electrons. The molecule has 0 aliphatic carbocycles. The van der Waals surface area contributed by atoms with E-state index in [1.54, 1.807) is 24.3 Å². The van der Waals surface area contributed by atoms with Crippen LogP contribution in [0.3, 0.4) is 0 Å². The van der Waals surface area contributed by atoms with Gasteiger partial charge in [0.05, 0.1) is 10.7 Å². The van der Waals surface area contributed by atoms with Gasteiger partial charge in [0.1, 0.15) is 18.5 Å². The third-order valence-corrected chi connectivity index (χ3v) is 2.42. The van der Waals surface area contributed by atoms with Gasteiger partial charge >= 0.3 is 0 Å². The first-order chi connectivity index (χ1) is 12.7. The Labute approximate surface area is 128 Å². The topological polar surface area (TPSA) is 50.7 Å². The first kappa shape index (κ1) is 7.07. The number of aliphatic hydroxyl groups is 1. The molecule has 1 unspecified atom stereocenters.